The van der Waals surface area contributed by atoms with Crippen LogP contribution < -0.4 is 9.64 Å². The van der Waals surface area contributed by atoms with Gasteiger partial charge in [0.15, 0.2) is 0 Å². The van der Waals surface area contributed by atoms with Gasteiger partial charge in [-0.3, -0.25) is 14.5 Å². The van der Waals surface area contributed by atoms with Gasteiger partial charge in [0.2, 0.25) is 0 Å². The molecule has 5 rings (SSSR count). The van der Waals surface area contributed by atoms with E-state index in [2.05, 4.69) is 15.9 Å². The summed E-state index contributed by atoms with van der Waals surface area (Å²) in [5.41, 5.74) is 1.64. The minimum Gasteiger partial charge on any atom is -0.495 e. The summed E-state index contributed by atoms with van der Waals surface area (Å²) in [6.45, 7) is 3.56. The number of likely N-dealkylation sites (N-methyl/N-ethyl adjacent to an activating group) is 1. The number of nitrogens with zero attached hydrogens (tertiary/aromatic N) is 2. The Morgan fingerprint density at radius 3 is 2.79 bits per heavy atom. The van der Waals surface area contributed by atoms with Crippen LogP contribution in [0, 0.1) is 11.8 Å². The third-order valence-electron chi connectivity index (χ3n) is 7.79. The number of hydrogen-bond donors (Lipinski definition) is 0. The van der Waals surface area contributed by atoms with E-state index in [9.17, 15) is 9.59 Å². The zero-order chi connectivity index (χ0) is 19.8. The van der Waals surface area contributed by atoms with E-state index in [1.165, 1.54) is 12.7 Å². The molecule has 28 heavy (non-hydrogen) atoms. The lowest BCUT2D eigenvalue weighted by molar-refractivity contribution is -0.165. The molecule has 1 aromatic carbocycles. The first-order chi connectivity index (χ1) is 13.5. The molecule has 1 spiro atoms. The van der Waals surface area contributed by atoms with Crippen LogP contribution >= 0.6 is 0 Å². The average molecular weight is 382 g/mol. The first kappa shape index (κ1) is 17.7. The highest BCUT2D eigenvalue weighted by molar-refractivity contribution is 6.02. The second kappa shape index (κ2) is 5.60. The number of ketones is 1. The van der Waals surface area contributed by atoms with Gasteiger partial charge in [0.25, 0.3) is 0 Å². The first-order valence-electron chi connectivity index (χ1n) is 9.91. The van der Waals surface area contributed by atoms with E-state index in [1.807, 2.05) is 32.2 Å². The van der Waals surface area contributed by atoms with E-state index >= 15 is 0 Å². The largest absolute Gasteiger partial charge is 0.495 e. The number of para-hydroxylation sites is 1. The predicted molar refractivity (Wildman–Crippen MR) is 104 cm³/mol. The summed E-state index contributed by atoms with van der Waals surface area (Å²) in [6, 6.07) is 5.93. The van der Waals surface area contributed by atoms with Crippen molar-refractivity contribution >= 4 is 17.4 Å². The number of fused-ring (bicyclic) bond motifs is 2. The fraction of sp³-hybridized carbons (Fsp3) is 0.545. The molecule has 3 aliphatic heterocycles. The Kier molecular flexibility index (Phi) is 3.55. The third-order valence-corrected chi connectivity index (χ3v) is 7.79. The normalized spacial score (nSPS) is 37.1. The molecule has 0 N–H and O–H groups in total. The van der Waals surface area contributed by atoms with E-state index < -0.39 is 17.0 Å². The number of ether oxygens (including phenoxy) is 2. The number of piperidine rings is 1. The number of anilines is 1. The number of carbonyl (C=O) groups is 2. The molecule has 3 fully saturated rings. The quantitative estimate of drug-likeness (QED) is 0.577. The van der Waals surface area contributed by atoms with Crippen LogP contribution in [0.5, 0.6) is 5.75 Å². The standard InChI is InChI=1S/C22H26N2O4/c1-5-13-12-24-10-9-21-15-7-6-8-16(27-3)19(15)23(2)22(21,24)18(20(26)28-4)14(13)11-17(21)25/h5-8,14,18H,9-12H2,1-4H3/b13-5+/t14-,18+,21+,22+/m0/s1. The minimum absolute atomic E-state index is 0.116. The van der Waals surface area contributed by atoms with Gasteiger partial charge in [-0.1, -0.05) is 23.8 Å². The molecular weight excluding hydrogens is 356 g/mol. The van der Waals surface area contributed by atoms with Crippen LogP contribution in [0.2, 0.25) is 0 Å². The van der Waals surface area contributed by atoms with E-state index in [0.29, 0.717) is 12.8 Å². The molecule has 2 saturated heterocycles. The Morgan fingerprint density at radius 1 is 1.32 bits per heavy atom. The lowest BCUT2D eigenvalue weighted by Crippen LogP contribution is -2.76. The van der Waals surface area contributed by atoms with Crippen molar-refractivity contribution in [3.63, 3.8) is 0 Å². The zero-order valence-corrected chi connectivity index (χ0v) is 16.8. The Bertz CT molecular complexity index is 925. The van der Waals surface area contributed by atoms with Gasteiger partial charge >= 0.3 is 5.97 Å². The molecule has 1 aromatic rings. The van der Waals surface area contributed by atoms with Crippen molar-refractivity contribution in [2.45, 2.75) is 30.8 Å². The summed E-state index contributed by atoms with van der Waals surface area (Å²) < 4.78 is 11.0. The molecule has 6 heteroatoms. The van der Waals surface area contributed by atoms with Crippen LogP contribution in [-0.4, -0.2) is 56.7 Å². The summed E-state index contributed by atoms with van der Waals surface area (Å²) in [4.78, 5) is 31.5. The van der Waals surface area contributed by atoms with Gasteiger partial charge in [-0.2, -0.15) is 0 Å². The molecule has 0 unspecified atom stereocenters. The van der Waals surface area contributed by atoms with Gasteiger partial charge in [-0.05, 0) is 25.0 Å². The van der Waals surface area contributed by atoms with Crippen LogP contribution in [0.15, 0.2) is 29.8 Å². The number of methoxy groups -OCH3 is 2. The van der Waals surface area contributed by atoms with Gasteiger partial charge in [-0.25, -0.2) is 0 Å². The SMILES string of the molecule is C/C=C1\CN2CC[C@@]34C(=O)C[C@@H]1[C@H](C(=O)OC)[C@@]23N(C)c1c(OC)cccc14. The molecule has 6 nitrogen and oxygen atoms in total. The molecule has 3 heterocycles. The Labute approximate surface area is 165 Å². The van der Waals surface area contributed by atoms with Gasteiger partial charge in [0, 0.05) is 32.5 Å². The van der Waals surface area contributed by atoms with Crippen LogP contribution in [0.1, 0.15) is 25.3 Å². The second-order valence-electron chi connectivity index (χ2n) is 8.32. The summed E-state index contributed by atoms with van der Waals surface area (Å²) in [6.07, 6.45) is 3.18. The number of rotatable bonds is 2. The predicted octanol–water partition coefficient (Wildman–Crippen LogP) is 2.12. The van der Waals surface area contributed by atoms with E-state index in [0.717, 1.165) is 30.1 Å². The van der Waals surface area contributed by atoms with Crippen molar-refractivity contribution in [1.82, 2.24) is 4.90 Å². The lowest BCUT2D eigenvalue weighted by Gasteiger charge is -2.60. The highest BCUT2D eigenvalue weighted by Crippen LogP contribution is 2.69. The second-order valence-corrected chi connectivity index (χ2v) is 8.32. The maximum absolute atomic E-state index is 13.8. The van der Waals surface area contributed by atoms with Crippen LogP contribution in [0.4, 0.5) is 5.69 Å². The van der Waals surface area contributed by atoms with Crippen LogP contribution in [-0.2, 0) is 19.7 Å². The molecule has 0 amide bonds. The number of carbonyl (C=O) groups excluding carboxylic acids is 2. The zero-order valence-electron chi connectivity index (χ0n) is 16.8. The van der Waals surface area contributed by atoms with Crippen molar-refractivity contribution in [2.75, 3.05) is 39.3 Å². The summed E-state index contributed by atoms with van der Waals surface area (Å²) >= 11 is 0. The van der Waals surface area contributed by atoms with Crippen LogP contribution in [0.25, 0.3) is 0 Å². The molecule has 0 aromatic heterocycles. The van der Waals surface area contributed by atoms with E-state index in [4.69, 9.17) is 9.47 Å². The van der Waals surface area contributed by atoms with Gasteiger partial charge in [0.05, 0.1) is 25.3 Å². The van der Waals surface area contributed by atoms with Crippen molar-refractivity contribution in [2.24, 2.45) is 11.8 Å². The number of Topliss-reactive ketones (excluding diaryl/α,β-unsaturated/α-hetero) is 1. The average Bonchev–Trinajstić information content (AvgIpc) is 3.19. The van der Waals surface area contributed by atoms with Crippen molar-refractivity contribution in [3.8, 4) is 5.75 Å². The highest BCUT2D eigenvalue weighted by Gasteiger charge is 2.79. The molecule has 4 aliphatic rings. The molecule has 2 bridgehead atoms. The van der Waals surface area contributed by atoms with Crippen molar-refractivity contribution in [3.05, 3.63) is 35.4 Å². The van der Waals surface area contributed by atoms with Gasteiger partial charge in [-0.15, -0.1) is 0 Å². The van der Waals surface area contributed by atoms with E-state index in [-0.39, 0.29) is 17.7 Å². The highest BCUT2D eigenvalue weighted by atomic mass is 16.5. The lowest BCUT2D eigenvalue weighted by atomic mass is 9.53. The van der Waals surface area contributed by atoms with Gasteiger partial charge < -0.3 is 14.4 Å². The topological polar surface area (TPSA) is 59.1 Å². The smallest absolute Gasteiger partial charge is 0.313 e. The number of hydrogen-bond acceptors (Lipinski definition) is 6. The minimum atomic E-state index is -0.733. The number of esters is 1. The third kappa shape index (κ3) is 1.62. The monoisotopic (exact) mass is 382 g/mol. The summed E-state index contributed by atoms with van der Waals surface area (Å²) in [7, 11) is 5.11. The first-order valence-corrected chi connectivity index (χ1v) is 9.91. The van der Waals surface area contributed by atoms with Gasteiger partial charge in [0.1, 0.15) is 23.1 Å². The fourth-order valence-corrected chi connectivity index (χ4v) is 6.89. The Hall–Kier alpha value is -2.34. The molecular formula is C22H26N2O4. The Balaban J connectivity index is 1.86. The molecule has 1 saturated carbocycles. The summed E-state index contributed by atoms with van der Waals surface area (Å²) in [5, 5.41) is 0. The fourth-order valence-electron chi connectivity index (χ4n) is 6.89. The Morgan fingerprint density at radius 2 is 2.11 bits per heavy atom. The van der Waals surface area contributed by atoms with Crippen LogP contribution in [0.3, 0.4) is 0 Å². The molecule has 1 aliphatic carbocycles. The van der Waals surface area contributed by atoms with Crippen molar-refractivity contribution < 1.29 is 19.1 Å². The maximum atomic E-state index is 13.8. The summed E-state index contributed by atoms with van der Waals surface area (Å²) in [5.74, 6) is 0.217. The maximum Gasteiger partial charge on any atom is 0.313 e. The molecule has 4 atom stereocenters. The number of allylic oxidation sites excluding steroid dienone is 1. The number of benzene rings is 1. The molecule has 0 radical (unpaired) electrons. The van der Waals surface area contributed by atoms with Crippen molar-refractivity contribution in [1.29, 1.82) is 0 Å². The molecule has 148 valence electrons. The van der Waals surface area contributed by atoms with E-state index in [1.54, 1.807) is 7.11 Å².